The third-order valence-corrected chi connectivity index (χ3v) is 3.93. The minimum Gasteiger partial charge on any atom is -0.489 e. The number of carbonyl (C=O) groups excluding carboxylic acids is 1. The number of carbonyl (C=O) groups is 1. The summed E-state index contributed by atoms with van der Waals surface area (Å²) < 4.78 is 5.65. The van der Waals surface area contributed by atoms with Crippen LogP contribution >= 0.6 is 11.6 Å². The Morgan fingerprint density at radius 1 is 1.24 bits per heavy atom. The van der Waals surface area contributed by atoms with Gasteiger partial charge >= 0.3 is 0 Å². The van der Waals surface area contributed by atoms with Gasteiger partial charge in [-0.3, -0.25) is 4.79 Å². The quantitative estimate of drug-likeness (QED) is 0.577. The van der Waals surface area contributed by atoms with E-state index in [9.17, 15) is 4.79 Å². The minimum absolute atomic E-state index is 0.196. The van der Waals surface area contributed by atoms with E-state index in [1.807, 2.05) is 31.2 Å². The largest absolute Gasteiger partial charge is 0.489 e. The summed E-state index contributed by atoms with van der Waals surface area (Å²) in [6.07, 6.45) is 3.47. The molecule has 0 N–H and O–H groups in total. The molecule has 0 saturated heterocycles. The Balaban J connectivity index is 1.94. The second-order valence-corrected chi connectivity index (χ2v) is 5.91. The highest BCUT2D eigenvalue weighted by molar-refractivity contribution is 6.33. The van der Waals surface area contributed by atoms with Crippen LogP contribution < -0.4 is 9.75 Å². The molecule has 1 aliphatic rings. The van der Waals surface area contributed by atoms with E-state index in [0.717, 1.165) is 5.56 Å². The second-order valence-electron chi connectivity index (χ2n) is 5.48. The van der Waals surface area contributed by atoms with Crippen LogP contribution in [0.4, 0.5) is 5.69 Å². The lowest BCUT2D eigenvalue weighted by Gasteiger charge is -2.12. The number of rotatable bonds is 5. The topological polar surface area (TPSA) is 41.9 Å². The summed E-state index contributed by atoms with van der Waals surface area (Å²) in [5.41, 5.74) is 2.62. The summed E-state index contributed by atoms with van der Waals surface area (Å²) in [4.78, 5) is 12.8. The number of halogens is 1. The van der Waals surface area contributed by atoms with E-state index in [1.54, 1.807) is 36.4 Å². The first kappa shape index (κ1) is 17.0. The number of hydrazone groups is 1. The maximum Gasteiger partial charge on any atom is 0.280 e. The summed E-state index contributed by atoms with van der Waals surface area (Å²) in [6.45, 7) is 5.86. The first-order chi connectivity index (χ1) is 12.1. The molecule has 5 heteroatoms. The molecule has 0 aliphatic carbocycles. The van der Waals surface area contributed by atoms with Crippen LogP contribution in [0.25, 0.3) is 6.08 Å². The van der Waals surface area contributed by atoms with Crippen LogP contribution in [0, 0.1) is 0 Å². The molecule has 1 aliphatic heterocycles. The van der Waals surface area contributed by atoms with Gasteiger partial charge in [0.15, 0.2) is 0 Å². The van der Waals surface area contributed by atoms with Gasteiger partial charge in [0.25, 0.3) is 5.91 Å². The van der Waals surface area contributed by atoms with Gasteiger partial charge in [0.2, 0.25) is 0 Å². The zero-order valence-electron chi connectivity index (χ0n) is 13.8. The molecule has 2 aromatic carbocycles. The van der Waals surface area contributed by atoms with E-state index in [-0.39, 0.29) is 5.91 Å². The number of ether oxygens (including phenoxy) is 1. The van der Waals surface area contributed by atoms with Crippen molar-refractivity contribution >= 4 is 35.0 Å². The van der Waals surface area contributed by atoms with E-state index in [1.165, 1.54) is 5.01 Å². The van der Waals surface area contributed by atoms with Crippen LogP contribution in [0.3, 0.4) is 0 Å². The molecule has 126 valence electrons. The minimum atomic E-state index is -0.196. The van der Waals surface area contributed by atoms with Gasteiger partial charge < -0.3 is 4.74 Å². The number of nitrogens with zero attached hydrogens (tertiary/aromatic N) is 2. The fourth-order valence-electron chi connectivity index (χ4n) is 2.50. The van der Waals surface area contributed by atoms with Crippen molar-refractivity contribution in [3.8, 4) is 5.75 Å². The summed E-state index contributed by atoms with van der Waals surface area (Å²) >= 11 is 6.02. The van der Waals surface area contributed by atoms with Gasteiger partial charge in [-0.2, -0.15) is 10.1 Å². The standard InChI is InChI=1S/C20H17ClN2O2/c1-3-11-25-19-10-5-4-7-15(19)12-18-14(2)22-23(20(18)24)17-9-6-8-16(21)13-17/h3-10,12-13H,1,11H2,2H3/b18-12+. The van der Waals surface area contributed by atoms with Crippen LogP contribution in [-0.2, 0) is 4.79 Å². The molecule has 0 spiro atoms. The molecule has 0 saturated carbocycles. The van der Waals surface area contributed by atoms with Gasteiger partial charge in [-0.1, -0.05) is 48.5 Å². The Kier molecular flexibility index (Phi) is 5.00. The molecule has 3 rings (SSSR count). The number of benzene rings is 2. The number of hydrogen-bond acceptors (Lipinski definition) is 3. The van der Waals surface area contributed by atoms with Gasteiger partial charge in [-0.15, -0.1) is 0 Å². The molecule has 4 nitrogen and oxygen atoms in total. The Morgan fingerprint density at radius 3 is 2.80 bits per heavy atom. The first-order valence-electron chi connectivity index (χ1n) is 7.80. The van der Waals surface area contributed by atoms with Gasteiger partial charge in [-0.25, -0.2) is 0 Å². The molecular weight excluding hydrogens is 336 g/mol. The van der Waals surface area contributed by atoms with Crippen LogP contribution in [0.2, 0.25) is 5.02 Å². The lowest BCUT2D eigenvalue weighted by atomic mass is 10.1. The van der Waals surface area contributed by atoms with E-state index >= 15 is 0 Å². The van der Waals surface area contributed by atoms with Gasteiger partial charge in [0.1, 0.15) is 12.4 Å². The lowest BCUT2D eigenvalue weighted by molar-refractivity contribution is -0.114. The van der Waals surface area contributed by atoms with Crippen LogP contribution in [0.1, 0.15) is 12.5 Å². The van der Waals surface area contributed by atoms with Crippen molar-refractivity contribution in [3.05, 3.63) is 77.3 Å². The average Bonchev–Trinajstić information content (AvgIpc) is 2.89. The number of anilines is 1. The Morgan fingerprint density at radius 2 is 2.04 bits per heavy atom. The molecule has 2 aromatic rings. The van der Waals surface area contributed by atoms with Gasteiger partial charge in [-0.05, 0) is 37.3 Å². The third-order valence-electron chi connectivity index (χ3n) is 3.69. The van der Waals surface area contributed by atoms with Crippen molar-refractivity contribution in [1.29, 1.82) is 0 Å². The Labute approximate surface area is 151 Å². The molecular formula is C20H17ClN2O2. The Hall–Kier alpha value is -2.85. The van der Waals surface area contributed by atoms with E-state index in [0.29, 0.717) is 34.4 Å². The lowest BCUT2D eigenvalue weighted by Crippen LogP contribution is -2.21. The van der Waals surface area contributed by atoms with Crippen molar-refractivity contribution < 1.29 is 9.53 Å². The molecule has 0 aromatic heterocycles. The van der Waals surface area contributed by atoms with Crippen molar-refractivity contribution in [3.63, 3.8) is 0 Å². The molecule has 0 bridgehead atoms. The highest BCUT2D eigenvalue weighted by Crippen LogP contribution is 2.28. The van der Waals surface area contributed by atoms with Crippen LogP contribution in [0.15, 0.2) is 71.9 Å². The molecule has 0 atom stereocenters. The number of para-hydroxylation sites is 1. The predicted octanol–water partition coefficient (Wildman–Crippen LogP) is 4.71. The Bertz CT molecular complexity index is 887. The zero-order chi connectivity index (χ0) is 17.8. The van der Waals surface area contributed by atoms with E-state index in [2.05, 4.69) is 11.7 Å². The molecule has 1 heterocycles. The molecule has 0 fully saturated rings. The number of amides is 1. The summed E-state index contributed by atoms with van der Waals surface area (Å²) in [6, 6.07) is 14.6. The fraction of sp³-hybridized carbons (Fsp3) is 0.100. The predicted molar refractivity (Wildman–Crippen MR) is 102 cm³/mol. The van der Waals surface area contributed by atoms with Crippen LogP contribution in [-0.4, -0.2) is 18.2 Å². The zero-order valence-corrected chi connectivity index (χ0v) is 14.5. The summed E-state index contributed by atoms with van der Waals surface area (Å²) in [7, 11) is 0. The normalized spacial score (nSPS) is 15.4. The fourth-order valence-corrected chi connectivity index (χ4v) is 2.69. The molecule has 0 unspecified atom stereocenters. The molecule has 1 amide bonds. The van der Waals surface area contributed by atoms with Crippen molar-refractivity contribution in [2.75, 3.05) is 11.6 Å². The smallest absolute Gasteiger partial charge is 0.280 e. The van der Waals surface area contributed by atoms with E-state index in [4.69, 9.17) is 16.3 Å². The highest BCUT2D eigenvalue weighted by atomic mass is 35.5. The summed E-state index contributed by atoms with van der Waals surface area (Å²) in [5.74, 6) is 0.495. The van der Waals surface area contributed by atoms with Crippen LogP contribution in [0.5, 0.6) is 5.75 Å². The highest BCUT2D eigenvalue weighted by Gasteiger charge is 2.29. The summed E-state index contributed by atoms with van der Waals surface area (Å²) in [5, 5.41) is 6.28. The van der Waals surface area contributed by atoms with E-state index < -0.39 is 0 Å². The van der Waals surface area contributed by atoms with Crippen molar-refractivity contribution in [2.45, 2.75) is 6.92 Å². The maximum atomic E-state index is 12.8. The first-order valence-corrected chi connectivity index (χ1v) is 8.18. The SMILES string of the molecule is C=CCOc1ccccc1/C=C1/C(=O)N(c2cccc(Cl)c2)N=C1C. The molecule has 25 heavy (non-hydrogen) atoms. The maximum absolute atomic E-state index is 12.8. The third kappa shape index (κ3) is 3.64. The second kappa shape index (κ2) is 7.36. The van der Waals surface area contributed by atoms with Crippen molar-refractivity contribution in [1.82, 2.24) is 0 Å². The monoisotopic (exact) mass is 352 g/mol. The average molecular weight is 353 g/mol. The molecule has 0 radical (unpaired) electrons. The van der Waals surface area contributed by atoms with Crippen molar-refractivity contribution in [2.24, 2.45) is 5.10 Å². The number of hydrogen-bond donors (Lipinski definition) is 0. The van der Waals surface area contributed by atoms with Gasteiger partial charge in [0, 0.05) is 10.6 Å². The van der Waals surface area contributed by atoms with Gasteiger partial charge in [0.05, 0.1) is 17.0 Å².